The molecular formula is C14H17BrN2. The number of hydrogen-bond donors (Lipinski definition) is 0. The van der Waals surface area contributed by atoms with Crippen LogP contribution in [0.3, 0.4) is 0 Å². The number of halogens is 1. The molecule has 1 fully saturated rings. The highest BCUT2D eigenvalue weighted by atomic mass is 79.9. The van der Waals surface area contributed by atoms with E-state index in [1.165, 1.54) is 19.3 Å². The van der Waals surface area contributed by atoms with Crippen LogP contribution < -0.4 is 4.90 Å². The van der Waals surface area contributed by atoms with Crippen molar-refractivity contribution in [2.75, 3.05) is 18.0 Å². The van der Waals surface area contributed by atoms with Gasteiger partial charge in [0.25, 0.3) is 0 Å². The lowest BCUT2D eigenvalue weighted by Crippen LogP contribution is -2.32. The van der Waals surface area contributed by atoms with Crippen molar-refractivity contribution in [3.8, 4) is 6.07 Å². The molecule has 1 aliphatic rings. The van der Waals surface area contributed by atoms with Crippen LogP contribution in [0.5, 0.6) is 0 Å². The molecule has 0 saturated heterocycles. The lowest BCUT2D eigenvalue weighted by Gasteiger charge is -2.33. The molecule has 2 nitrogen and oxygen atoms in total. The van der Waals surface area contributed by atoms with Gasteiger partial charge in [-0.1, -0.05) is 22.4 Å². The SMILES string of the molecule is CCN(CC1CCC1)c1ccc(Br)cc1C#N. The fourth-order valence-electron chi connectivity index (χ4n) is 2.26. The highest BCUT2D eigenvalue weighted by Crippen LogP contribution is 2.30. The molecule has 0 amide bonds. The van der Waals surface area contributed by atoms with Crippen LogP contribution in [-0.4, -0.2) is 13.1 Å². The van der Waals surface area contributed by atoms with Gasteiger partial charge in [-0.15, -0.1) is 0 Å². The van der Waals surface area contributed by atoms with Crippen LogP contribution in [-0.2, 0) is 0 Å². The fourth-order valence-corrected chi connectivity index (χ4v) is 2.62. The van der Waals surface area contributed by atoms with Gasteiger partial charge in [0, 0.05) is 17.6 Å². The van der Waals surface area contributed by atoms with Gasteiger partial charge in [0.15, 0.2) is 0 Å². The topological polar surface area (TPSA) is 27.0 Å². The number of nitriles is 1. The molecule has 0 spiro atoms. The molecule has 0 aliphatic heterocycles. The van der Waals surface area contributed by atoms with Crippen molar-refractivity contribution < 1.29 is 0 Å². The average molecular weight is 293 g/mol. The maximum absolute atomic E-state index is 9.20. The number of rotatable bonds is 4. The van der Waals surface area contributed by atoms with Crippen LogP contribution in [0.2, 0.25) is 0 Å². The van der Waals surface area contributed by atoms with Gasteiger partial charge in [-0.2, -0.15) is 5.26 Å². The third kappa shape index (κ3) is 2.81. The van der Waals surface area contributed by atoms with E-state index < -0.39 is 0 Å². The molecule has 0 radical (unpaired) electrons. The number of nitrogens with zero attached hydrogens (tertiary/aromatic N) is 2. The third-order valence-corrected chi connectivity index (χ3v) is 4.00. The number of hydrogen-bond acceptors (Lipinski definition) is 2. The van der Waals surface area contributed by atoms with Crippen LogP contribution in [0.4, 0.5) is 5.69 Å². The summed E-state index contributed by atoms with van der Waals surface area (Å²) >= 11 is 3.41. The van der Waals surface area contributed by atoms with Crippen molar-refractivity contribution >= 4 is 21.6 Å². The van der Waals surface area contributed by atoms with E-state index in [4.69, 9.17) is 0 Å². The first-order chi connectivity index (χ1) is 8.24. The largest absolute Gasteiger partial charge is 0.370 e. The number of anilines is 1. The minimum absolute atomic E-state index is 0.764. The molecule has 1 saturated carbocycles. The molecule has 0 aromatic heterocycles. The predicted molar refractivity (Wildman–Crippen MR) is 74.1 cm³/mol. The van der Waals surface area contributed by atoms with E-state index in [0.717, 1.165) is 34.7 Å². The van der Waals surface area contributed by atoms with Gasteiger partial charge in [0.05, 0.1) is 11.3 Å². The Bertz CT molecular complexity index is 432. The molecule has 1 aliphatic carbocycles. The molecule has 1 aromatic rings. The second kappa shape index (κ2) is 5.55. The molecular weight excluding hydrogens is 276 g/mol. The predicted octanol–water partition coefficient (Wildman–Crippen LogP) is 3.95. The first-order valence-corrected chi connectivity index (χ1v) is 6.98. The molecule has 0 heterocycles. The van der Waals surface area contributed by atoms with E-state index in [2.05, 4.69) is 33.8 Å². The molecule has 1 aromatic carbocycles. The van der Waals surface area contributed by atoms with E-state index in [-0.39, 0.29) is 0 Å². The van der Waals surface area contributed by atoms with Crippen molar-refractivity contribution in [2.45, 2.75) is 26.2 Å². The van der Waals surface area contributed by atoms with Gasteiger partial charge in [-0.25, -0.2) is 0 Å². The lowest BCUT2D eigenvalue weighted by atomic mass is 9.85. The highest BCUT2D eigenvalue weighted by molar-refractivity contribution is 9.10. The molecule has 0 atom stereocenters. The summed E-state index contributed by atoms with van der Waals surface area (Å²) in [6.07, 6.45) is 4.05. The summed E-state index contributed by atoms with van der Waals surface area (Å²) in [5.41, 5.74) is 1.84. The molecule has 0 unspecified atom stereocenters. The van der Waals surface area contributed by atoms with Gasteiger partial charge < -0.3 is 4.90 Å². The van der Waals surface area contributed by atoms with Crippen LogP contribution in [0.1, 0.15) is 31.7 Å². The summed E-state index contributed by atoms with van der Waals surface area (Å²) in [5.74, 6) is 0.824. The molecule has 0 N–H and O–H groups in total. The summed E-state index contributed by atoms with van der Waals surface area (Å²) in [7, 11) is 0. The summed E-state index contributed by atoms with van der Waals surface area (Å²) < 4.78 is 0.970. The Morgan fingerprint density at radius 2 is 2.24 bits per heavy atom. The third-order valence-electron chi connectivity index (χ3n) is 3.50. The Morgan fingerprint density at radius 3 is 2.76 bits per heavy atom. The molecule has 3 heteroatoms. The van der Waals surface area contributed by atoms with Gasteiger partial charge in [0.1, 0.15) is 6.07 Å². The Hall–Kier alpha value is -1.01. The summed E-state index contributed by atoms with van der Waals surface area (Å²) in [6.45, 7) is 4.21. The van der Waals surface area contributed by atoms with E-state index in [9.17, 15) is 5.26 Å². The average Bonchev–Trinajstić information content (AvgIpc) is 2.29. The van der Waals surface area contributed by atoms with Gasteiger partial charge in [-0.3, -0.25) is 0 Å². The van der Waals surface area contributed by atoms with Crippen LogP contribution in [0, 0.1) is 17.2 Å². The van der Waals surface area contributed by atoms with Crippen LogP contribution >= 0.6 is 15.9 Å². The molecule has 0 bridgehead atoms. The highest BCUT2D eigenvalue weighted by Gasteiger charge is 2.21. The van der Waals surface area contributed by atoms with Crippen molar-refractivity contribution in [3.63, 3.8) is 0 Å². The van der Waals surface area contributed by atoms with Gasteiger partial charge >= 0.3 is 0 Å². The second-order valence-corrected chi connectivity index (χ2v) is 5.52. The maximum Gasteiger partial charge on any atom is 0.101 e. The Labute approximate surface area is 111 Å². The second-order valence-electron chi connectivity index (χ2n) is 4.61. The zero-order valence-corrected chi connectivity index (χ0v) is 11.7. The fraction of sp³-hybridized carbons (Fsp3) is 0.500. The van der Waals surface area contributed by atoms with Crippen molar-refractivity contribution in [3.05, 3.63) is 28.2 Å². The first-order valence-electron chi connectivity index (χ1n) is 6.19. The van der Waals surface area contributed by atoms with Crippen molar-refractivity contribution in [2.24, 2.45) is 5.92 Å². The normalized spacial score (nSPS) is 15.1. The Morgan fingerprint density at radius 1 is 1.47 bits per heavy atom. The van der Waals surface area contributed by atoms with E-state index in [1.807, 2.05) is 18.2 Å². The zero-order valence-electron chi connectivity index (χ0n) is 10.1. The van der Waals surface area contributed by atoms with Gasteiger partial charge in [0.2, 0.25) is 0 Å². The zero-order chi connectivity index (χ0) is 12.3. The molecule has 2 rings (SSSR count). The van der Waals surface area contributed by atoms with Gasteiger partial charge in [-0.05, 0) is 43.9 Å². The summed E-state index contributed by atoms with van der Waals surface area (Å²) in [6, 6.07) is 8.25. The van der Waals surface area contributed by atoms with Crippen molar-refractivity contribution in [1.29, 1.82) is 5.26 Å². The molecule has 90 valence electrons. The smallest absolute Gasteiger partial charge is 0.101 e. The standard InChI is InChI=1S/C14H17BrN2/c1-2-17(10-11-4-3-5-11)14-7-6-13(15)8-12(14)9-16/h6-8,11H,2-5,10H2,1H3. The quantitative estimate of drug-likeness (QED) is 0.840. The minimum Gasteiger partial charge on any atom is -0.370 e. The van der Waals surface area contributed by atoms with E-state index >= 15 is 0 Å². The minimum atomic E-state index is 0.764. The van der Waals surface area contributed by atoms with Crippen LogP contribution in [0.25, 0.3) is 0 Å². The Balaban J connectivity index is 2.20. The first kappa shape index (κ1) is 12.4. The van der Waals surface area contributed by atoms with Crippen LogP contribution in [0.15, 0.2) is 22.7 Å². The summed E-state index contributed by atoms with van der Waals surface area (Å²) in [4.78, 5) is 2.33. The number of benzene rings is 1. The lowest BCUT2D eigenvalue weighted by molar-refractivity contribution is 0.318. The molecule has 17 heavy (non-hydrogen) atoms. The maximum atomic E-state index is 9.20. The van der Waals surface area contributed by atoms with E-state index in [0.29, 0.717) is 0 Å². The summed E-state index contributed by atoms with van der Waals surface area (Å²) in [5, 5.41) is 9.20. The monoisotopic (exact) mass is 292 g/mol. The van der Waals surface area contributed by atoms with Crippen molar-refractivity contribution in [1.82, 2.24) is 0 Å². The van der Waals surface area contributed by atoms with E-state index in [1.54, 1.807) is 0 Å². The Kier molecular flexibility index (Phi) is 4.06.